The van der Waals surface area contributed by atoms with Crippen molar-refractivity contribution < 1.29 is 14.6 Å². The minimum absolute atomic E-state index is 0.109. The first-order valence-electron chi connectivity index (χ1n) is 5.34. The topological polar surface area (TPSA) is 115 Å². The summed E-state index contributed by atoms with van der Waals surface area (Å²) in [6.07, 6.45) is 0.387. The lowest BCUT2D eigenvalue weighted by Gasteiger charge is -2.23. The van der Waals surface area contributed by atoms with Crippen molar-refractivity contribution in [2.24, 2.45) is 0 Å². The fraction of sp³-hybridized carbons (Fsp3) is 0.444. The smallest absolute Gasteiger partial charge is 0.331 e. The molecule has 1 atom stereocenters. The van der Waals surface area contributed by atoms with Crippen molar-refractivity contribution >= 4 is 17.4 Å². The van der Waals surface area contributed by atoms with Gasteiger partial charge < -0.3 is 15.2 Å². The zero-order valence-corrected chi connectivity index (χ0v) is 9.28. The number of rotatable bonds is 3. The SMILES string of the molecule is O=C(O)C1(Nc2ccc3nnnn3n2)CCOC1. The van der Waals surface area contributed by atoms with Gasteiger partial charge in [0.1, 0.15) is 5.82 Å². The van der Waals surface area contributed by atoms with Crippen LogP contribution in [-0.4, -0.2) is 55.1 Å². The fourth-order valence-electron chi connectivity index (χ4n) is 1.85. The van der Waals surface area contributed by atoms with E-state index in [0.29, 0.717) is 24.5 Å². The number of hydrogen-bond acceptors (Lipinski definition) is 7. The van der Waals surface area contributed by atoms with Gasteiger partial charge in [-0.05, 0) is 22.6 Å². The van der Waals surface area contributed by atoms with Crippen LogP contribution in [0.1, 0.15) is 6.42 Å². The third kappa shape index (κ3) is 1.64. The molecule has 0 aromatic carbocycles. The molecule has 9 heteroatoms. The van der Waals surface area contributed by atoms with Crippen molar-refractivity contribution in [2.75, 3.05) is 18.5 Å². The molecule has 2 N–H and O–H groups in total. The van der Waals surface area contributed by atoms with Gasteiger partial charge in [0.2, 0.25) is 0 Å². The molecule has 0 radical (unpaired) electrons. The Hall–Kier alpha value is -2.29. The van der Waals surface area contributed by atoms with E-state index in [4.69, 9.17) is 4.74 Å². The van der Waals surface area contributed by atoms with E-state index in [1.54, 1.807) is 12.1 Å². The minimum atomic E-state index is -1.13. The van der Waals surface area contributed by atoms with Crippen LogP contribution < -0.4 is 5.32 Å². The summed E-state index contributed by atoms with van der Waals surface area (Å²) in [7, 11) is 0. The number of fused-ring (bicyclic) bond motifs is 1. The molecular weight excluding hydrogens is 240 g/mol. The monoisotopic (exact) mass is 250 g/mol. The first-order valence-corrected chi connectivity index (χ1v) is 5.34. The van der Waals surface area contributed by atoms with Gasteiger partial charge in [0.25, 0.3) is 0 Å². The molecule has 1 aliphatic rings. The zero-order valence-electron chi connectivity index (χ0n) is 9.28. The lowest BCUT2D eigenvalue weighted by atomic mass is 9.99. The van der Waals surface area contributed by atoms with Crippen LogP contribution in [0.3, 0.4) is 0 Å². The predicted octanol–water partition coefficient (Wildman–Crippen LogP) is -0.825. The molecule has 1 saturated heterocycles. The maximum absolute atomic E-state index is 11.3. The summed E-state index contributed by atoms with van der Waals surface area (Å²) in [5, 5.41) is 27.1. The number of nitrogens with zero attached hydrogens (tertiary/aromatic N) is 5. The van der Waals surface area contributed by atoms with Crippen LogP contribution in [0.5, 0.6) is 0 Å². The number of anilines is 1. The molecule has 1 fully saturated rings. The molecule has 1 unspecified atom stereocenters. The molecule has 18 heavy (non-hydrogen) atoms. The third-order valence-corrected chi connectivity index (χ3v) is 2.87. The number of carboxylic acid groups (broad SMARTS) is 1. The maximum atomic E-state index is 11.3. The van der Waals surface area contributed by atoms with Gasteiger partial charge in [-0.3, -0.25) is 0 Å². The van der Waals surface area contributed by atoms with Crippen molar-refractivity contribution in [3.8, 4) is 0 Å². The molecule has 0 amide bonds. The van der Waals surface area contributed by atoms with Crippen molar-refractivity contribution in [3.63, 3.8) is 0 Å². The first kappa shape index (κ1) is 10.8. The quantitative estimate of drug-likeness (QED) is 0.725. The average Bonchev–Trinajstić information content (AvgIpc) is 2.97. The fourth-order valence-corrected chi connectivity index (χ4v) is 1.85. The van der Waals surface area contributed by atoms with Gasteiger partial charge in [0, 0.05) is 13.0 Å². The predicted molar refractivity (Wildman–Crippen MR) is 58.0 cm³/mol. The van der Waals surface area contributed by atoms with E-state index in [1.165, 1.54) is 4.63 Å². The molecule has 3 rings (SSSR count). The second kappa shape index (κ2) is 3.88. The van der Waals surface area contributed by atoms with Gasteiger partial charge in [-0.2, -0.15) is 0 Å². The Balaban J connectivity index is 1.92. The van der Waals surface area contributed by atoms with Gasteiger partial charge in [0.05, 0.1) is 6.61 Å². The number of ether oxygens (including phenoxy) is 1. The summed E-state index contributed by atoms with van der Waals surface area (Å²) < 4.78 is 6.38. The molecule has 94 valence electrons. The highest BCUT2D eigenvalue weighted by molar-refractivity contribution is 5.83. The second-order valence-electron chi connectivity index (χ2n) is 4.06. The Labute approximate surface area is 101 Å². The van der Waals surface area contributed by atoms with Crippen LogP contribution in [0.15, 0.2) is 12.1 Å². The van der Waals surface area contributed by atoms with Gasteiger partial charge in [0.15, 0.2) is 11.2 Å². The van der Waals surface area contributed by atoms with E-state index in [-0.39, 0.29) is 6.61 Å². The summed E-state index contributed by atoms with van der Waals surface area (Å²) in [4.78, 5) is 11.3. The molecule has 3 heterocycles. The summed E-state index contributed by atoms with van der Waals surface area (Å²) in [5.74, 6) is -0.568. The molecular formula is C9H10N6O3. The summed E-state index contributed by atoms with van der Waals surface area (Å²) in [6.45, 7) is 0.518. The Bertz CT molecular complexity index is 591. The molecule has 1 aliphatic heterocycles. The van der Waals surface area contributed by atoms with E-state index in [2.05, 4.69) is 25.9 Å². The molecule has 0 bridgehead atoms. The number of carbonyl (C=O) groups is 1. The van der Waals surface area contributed by atoms with E-state index in [1.807, 2.05) is 0 Å². The van der Waals surface area contributed by atoms with Crippen LogP contribution in [0, 0.1) is 0 Å². The molecule has 0 spiro atoms. The number of aliphatic carboxylic acids is 1. The van der Waals surface area contributed by atoms with E-state index < -0.39 is 11.5 Å². The highest BCUT2D eigenvalue weighted by Crippen LogP contribution is 2.23. The summed E-state index contributed by atoms with van der Waals surface area (Å²) >= 11 is 0. The summed E-state index contributed by atoms with van der Waals surface area (Å²) in [5.41, 5.74) is -0.637. The Morgan fingerprint density at radius 2 is 2.44 bits per heavy atom. The van der Waals surface area contributed by atoms with E-state index >= 15 is 0 Å². The minimum Gasteiger partial charge on any atom is -0.479 e. The Morgan fingerprint density at radius 3 is 3.17 bits per heavy atom. The first-order chi connectivity index (χ1) is 8.70. The van der Waals surface area contributed by atoms with Crippen molar-refractivity contribution in [1.29, 1.82) is 0 Å². The molecule has 9 nitrogen and oxygen atoms in total. The third-order valence-electron chi connectivity index (χ3n) is 2.87. The number of tetrazole rings is 1. The van der Waals surface area contributed by atoms with Crippen LogP contribution in [-0.2, 0) is 9.53 Å². The Morgan fingerprint density at radius 1 is 1.56 bits per heavy atom. The highest BCUT2D eigenvalue weighted by atomic mass is 16.5. The number of nitrogens with one attached hydrogen (secondary N) is 1. The maximum Gasteiger partial charge on any atom is 0.331 e. The highest BCUT2D eigenvalue weighted by Gasteiger charge is 2.43. The second-order valence-corrected chi connectivity index (χ2v) is 4.06. The van der Waals surface area contributed by atoms with Crippen molar-refractivity contribution in [3.05, 3.63) is 12.1 Å². The molecule has 2 aromatic rings. The normalized spacial score (nSPS) is 23.3. The van der Waals surface area contributed by atoms with Crippen molar-refractivity contribution in [2.45, 2.75) is 12.0 Å². The average molecular weight is 250 g/mol. The lowest BCUT2D eigenvalue weighted by molar-refractivity contribution is -0.142. The van der Waals surface area contributed by atoms with Crippen LogP contribution in [0.4, 0.5) is 5.82 Å². The number of aromatic nitrogens is 5. The Kier molecular flexibility index (Phi) is 2.33. The van der Waals surface area contributed by atoms with E-state index in [0.717, 1.165) is 0 Å². The molecule has 2 aromatic heterocycles. The van der Waals surface area contributed by atoms with Gasteiger partial charge in [-0.1, -0.05) is 0 Å². The van der Waals surface area contributed by atoms with E-state index in [9.17, 15) is 9.90 Å². The van der Waals surface area contributed by atoms with Gasteiger partial charge in [-0.15, -0.1) is 14.8 Å². The van der Waals surface area contributed by atoms with Crippen LogP contribution in [0.2, 0.25) is 0 Å². The standard InChI is InChI=1S/C9H10N6O3/c16-8(17)9(3-4-18-5-9)10-6-1-2-7-11-13-14-15(7)12-6/h1-2H,3-5H2,(H,10,12)(H,16,17). The number of hydrogen-bond donors (Lipinski definition) is 2. The molecule has 0 aliphatic carbocycles. The van der Waals surface area contributed by atoms with Gasteiger partial charge in [-0.25, -0.2) is 4.79 Å². The van der Waals surface area contributed by atoms with Gasteiger partial charge >= 0.3 is 5.97 Å². The largest absolute Gasteiger partial charge is 0.479 e. The van der Waals surface area contributed by atoms with Crippen LogP contribution >= 0.6 is 0 Å². The lowest BCUT2D eigenvalue weighted by Crippen LogP contribution is -2.47. The molecule has 0 saturated carbocycles. The van der Waals surface area contributed by atoms with Crippen molar-refractivity contribution in [1.82, 2.24) is 25.3 Å². The number of carboxylic acids is 1. The zero-order chi connectivity index (χ0) is 12.6. The van der Waals surface area contributed by atoms with Crippen LogP contribution in [0.25, 0.3) is 5.65 Å². The summed E-state index contributed by atoms with van der Waals surface area (Å²) in [6, 6.07) is 3.29.